The van der Waals surface area contributed by atoms with Crippen LogP contribution >= 0.6 is 7.82 Å². The molecule has 0 fully saturated rings. The molecule has 0 aliphatic heterocycles. The molecule has 0 saturated heterocycles. The summed E-state index contributed by atoms with van der Waals surface area (Å²) in [6.07, 6.45) is 48.9. The molecule has 0 amide bonds. The monoisotopic (exact) mass is 853 g/mol. The Hall–Kier alpha value is -2.33. The summed E-state index contributed by atoms with van der Waals surface area (Å²) in [5.41, 5.74) is 0. The number of aliphatic hydroxyl groups excluding tert-OH is 2. The van der Waals surface area contributed by atoms with Gasteiger partial charge in [-0.1, -0.05) is 184 Å². The number of allylic oxidation sites excluding steroid dienone is 10. The molecule has 0 heterocycles. The van der Waals surface area contributed by atoms with Crippen molar-refractivity contribution < 1.29 is 47.8 Å². The van der Waals surface area contributed by atoms with Crippen LogP contribution in [-0.2, 0) is 32.7 Å². The molecule has 0 aromatic rings. The van der Waals surface area contributed by atoms with Crippen LogP contribution in [0.1, 0.15) is 194 Å². The van der Waals surface area contributed by atoms with Crippen LogP contribution in [0.5, 0.6) is 0 Å². The first-order valence-corrected chi connectivity index (χ1v) is 24.7. The summed E-state index contributed by atoms with van der Waals surface area (Å²) in [6, 6.07) is 0. The fourth-order valence-corrected chi connectivity index (χ4v) is 6.93. The van der Waals surface area contributed by atoms with Crippen molar-refractivity contribution in [1.82, 2.24) is 0 Å². The van der Waals surface area contributed by atoms with Gasteiger partial charge >= 0.3 is 19.8 Å². The lowest BCUT2D eigenvalue weighted by molar-refractivity contribution is -0.161. The summed E-state index contributed by atoms with van der Waals surface area (Å²) >= 11 is 0. The van der Waals surface area contributed by atoms with Gasteiger partial charge in [-0.05, 0) is 57.8 Å². The summed E-state index contributed by atoms with van der Waals surface area (Å²) in [4.78, 5) is 35.1. The topological polar surface area (TPSA) is 149 Å². The third-order valence-corrected chi connectivity index (χ3v) is 10.6. The second-order valence-electron chi connectivity index (χ2n) is 15.4. The number of rotatable bonds is 43. The molecule has 342 valence electrons. The standard InChI is InChI=1S/C48H85O10P/c1-3-5-7-9-11-13-15-17-19-20-21-22-23-24-26-27-29-31-33-35-37-39-47(51)55-43-46(44-57-59(53,54)56-42-45(50)41-49)58-48(52)40-38-36-34-32-30-28-25-18-16-14-12-10-8-6-4-2/h5,7,11,13,17,19,21-22,24,26,45-46,49-50H,3-4,6,8-10,12,14-16,18,20,23,25,27-44H2,1-2H3,(H,53,54)/b7-5-,13-11-,19-17-,22-21-,26-24-/t45-,46+/m0/s1. The van der Waals surface area contributed by atoms with Gasteiger partial charge in [-0.2, -0.15) is 0 Å². The molecular weight excluding hydrogens is 767 g/mol. The van der Waals surface area contributed by atoms with E-state index in [2.05, 4.69) is 74.6 Å². The van der Waals surface area contributed by atoms with Crippen molar-refractivity contribution in [3.8, 4) is 0 Å². The third-order valence-electron chi connectivity index (χ3n) is 9.69. The number of hydrogen-bond acceptors (Lipinski definition) is 9. The van der Waals surface area contributed by atoms with Gasteiger partial charge in [0.1, 0.15) is 12.7 Å². The number of esters is 2. The summed E-state index contributed by atoms with van der Waals surface area (Å²) in [6.45, 7) is 2.26. The fourth-order valence-electron chi connectivity index (χ4n) is 6.14. The molecule has 0 radical (unpaired) electrons. The largest absolute Gasteiger partial charge is 0.472 e. The zero-order valence-electron chi connectivity index (χ0n) is 37.2. The van der Waals surface area contributed by atoms with Crippen molar-refractivity contribution >= 4 is 19.8 Å². The lowest BCUT2D eigenvalue weighted by atomic mass is 10.0. The second kappa shape index (κ2) is 43.7. The summed E-state index contributed by atoms with van der Waals surface area (Å²) in [5.74, 6) is -0.944. The van der Waals surface area contributed by atoms with Crippen LogP contribution in [0.25, 0.3) is 0 Å². The SMILES string of the molecule is CC/C=C\C/C=C\C/C=C\C/C=C\C/C=C\CCCCCCCC(=O)OC[C@H](COP(=O)(O)OC[C@@H](O)CO)OC(=O)CCCCCCCCCCCCCCCCC. The van der Waals surface area contributed by atoms with Crippen LogP contribution in [-0.4, -0.2) is 65.7 Å². The normalized spacial score (nSPS) is 14.3. The fraction of sp³-hybridized carbons (Fsp3) is 0.750. The average Bonchev–Trinajstić information content (AvgIpc) is 3.22. The van der Waals surface area contributed by atoms with E-state index in [0.717, 1.165) is 83.5 Å². The number of ether oxygens (including phenoxy) is 2. The van der Waals surface area contributed by atoms with E-state index in [-0.39, 0.29) is 19.4 Å². The van der Waals surface area contributed by atoms with Crippen LogP contribution in [0.3, 0.4) is 0 Å². The maximum absolute atomic E-state index is 12.6. The van der Waals surface area contributed by atoms with Crippen molar-refractivity contribution in [3.63, 3.8) is 0 Å². The van der Waals surface area contributed by atoms with Crippen LogP contribution < -0.4 is 0 Å². The molecule has 3 N–H and O–H groups in total. The Morgan fingerprint density at radius 3 is 1.41 bits per heavy atom. The molecule has 0 aliphatic rings. The van der Waals surface area contributed by atoms with Gasteiger partial charge in [0.05, 0.1) is 19.8 Å². The minimum absolute atomic E-state index is 0.180. The van der Waals surface area contributed by atoms with Crippen molar-refractivity contribution in [2.75, 3.05) is 26.4 Å². The van der Waals surface area contributed by atoms with Crippen molar-refractivity contribution in [2.45, 2.75) is 206 Å². The van der Waals surface area contributed by atoms with E-state index in [4.69, 9.17) is 23.6 Å². The van der Waals surface area contributed by atoms with E-state index < -0.39 is 51.8 Å². The third kappa shape index (κ3) is 43.6. The smallest absolute Gasteiger partial charge is 0.462 e. The molecule has 59 heavy (non-hydrogen) atoms. The number of carbonyl (C=O) groups excluding carboxylic acids is 2. The molecule has 0 aliphatic carbocycles. The highest BCUT2D eigenvalue weighted by Gasteiger charge is 2.27. The van der Waals surface area contributed by atoms with Crippen LogP contribution in [0.4, 0.5) is 0 Å². The Balaban J connectivity index is 4.28. The minimum Gasteiger partial charge on any atom is -0.462 e. The first-order chi connectivity index (χ1) is 28.7. The molecule has 0 spiro atoms. The molecule has 1 unspecified atom stereocenters. The van der Waals surface area contributed by atoms with Crippen molar-refractivity contribution in [2.24, 2.45) is 0 Å². The maximum Gasteiger partial charge on any atom is 0.472 e. The first kappa shape index (κ1) is 56.7. The van der Waals surface area contributed by atoms with E-state index >= 15 is 0 Å². The number of hydrogen-bond donors (Lipinski definition) is 3. The number of aliphatic hydroxyl groups is 2. The molecule has 3 atom stereocenters. The highest BCUT2D eigenvalue weighted by atomic mass is 31.2. The lowest BCUT2D eigenvalue weighted by Crippen LogP contribution is -2.29. The van der Waals surface area contributed by atoms with E-state index in [1.165, 1.54) is 70.6 Å². The molecule has 11 heteroatoms. The van der Waals surface area contributed by atoms with E-state index in [1.54, 1.807) is 0 Å². The zero-order chi connectivity index (χ0) is 43.3. The van der Waals surface area contributed by atoms with Gasteiger partial charge in [-0.15, -0.1) is 0 Å². The summed E-state index contributed by atoms with van der Waals surface area (Å²) < 4.78 is 32.8. The van der Waals surface area contributed by atoms with E-state index in [1.807, 2.05) is 0 Å². The van der Waals surface area contributed by atoms with Gasteiger partial charge in [0.2, 0.25) is 0 Å². The Morgan fingerprint density at radius 1 is 0.525 bits per heavy atom. The minimum atomic E-state index is -4.62. The average molecular weight is 853 g/mol. The van der Waals surface area contributed by atoms with Gasteiger partial charge < -0.3 is 24.6 Å². The van der Waals surface area contributed by atoms with Gasteiger partial charge in [0.15, 0.2) is 6.10 Å². The van der Waals surface area contributed by atoms with Gasteiger partial charge in [0, 0.05) is 12.8 Å². The van der Waals surface area contributed by atoms with Crippen molar-refractivity contribution in [3.05, 3.63) is 60.8 Å². The number of carbonyl (C=O) groups is 2. The molecule has 0 rings (SSSR count). The maximum atomic E-state index is 12.6. The second-order valence-corrected chi connectivity index (χ2v) is 16.9. The molecule has 0 aromatic carbocycles. The number of phosphoric ester groups is 1. The summed E-state index contributed by atoms with van der Waals surface area (Å²) in [5, 5.41) is 18.4. The Labute approximate surface area is 359 Å². The first-order valence-electron chi connectivity index (χ1n) is 23.2. The Kier molecular flexibility index (Phi) is 42.0. The summed E-state index contributed by atoms with van der Waals surface area (Å²) in [7, 11) is -4.62. The van der Waals surface area contributed by atoms with Crippen LogP contribution in [0.2, 0.25) is 0 Å². The Morgan fingerprint density at radius 2 is 0.932 bits per heavy atom. The highest BCUT2D eigenvalue weighted by molar-refractivity contribution is 7.47. The van der Waals surface area contributed by atoms with Gasteiger partial charge in [-0.25, -0.2) is 4.57 Å². The van der Waals surface area contributed by atoms with Crippen LogP contribution in [0.15, 0.2) is 60.8 Å². The van der Waals surface area contributed by atoms with Crippen LogP contribution in [0, 0.1) is 0 Å². The Bertz CT molecular complexity index is 1160. The molecule has 0 saturated carbocycles. The van der Waals surface area contributed by atoms with E-state index in [9.17, 15) is 24.2 Å². The zero-order valence-corrected chi connectivity index (χ0v) is 38.1. The molecule has 10 nitrogen and oxygen atoms in total. The van der Waals surface area contributed by atoms with Crippen molar-refractivity contribution in [1.29, 1.82) is 0 Å². The van der Waals surface area contributed by atoms with E-state index in [0.29, 0.717) is 12.8 Å². The van der Waals surface area contributed by atoms with Gasteiger partial charge in [-0.3, -0.25) is 18.6 Å². The predicted octanol–water partition coefficient (Wildman–Crippen LogP) is 12.7. The highest BCUT2D eigenvalue weighted by Crippen LogP contribution is 2.43. The number of unbranched alkanes of at least 4 members (excludes halogenated alkanes) is 19. The van der Waals surface area contributed by atoms with Gasteiger partial charge in [0.25, 0.3) is 0 Å². The lowest BCUT2D eigenvalue weighted by Gasteiger charge is -2.20. The quantitative estimate of drug-likeness (QED) is 0.0234. The predicted molar refractivity (Wildman–Crippen MR) is 242 cm³/mol. The molecule has 0 bridgehead atoms. The molecule has 0 aromatic heterocycles. The number of phosphoric acid groups is 1. The molecular formula is C48H85O10P.